The highest BCUT2D eigenvalue weighted by molar-refractivity contribution is 5.89. The molecule has 9 heteroatoms. The number of alkyl halides is 6. The van der Waals surface area contributed by atoms with Crippen molar-refractivity contribution >= 4 is 16.7 Å². The van der Waals surface area contributed by atoms with E-state index in [0.717, 1.165) is 6.07 Å². The van der Waals surface area contributed by atoms with Gasteiger partial charge in [0.1, 0.15) is 11.3 Å². The van der Waals surface area contributed by atoms with Crippen LogP contribution < -0.4 is 4.74 Å². The minimum Gasteiger partial charge on any atom is -0.490 e. The van der Waals surface area contributed by atoms with Crippen molar-refractivity contribution in [2.45, 2.75) is 50.6 Å². The molecule has 0 unspecified atom stereocenters. The lowest BCUT2D eigenvalue weighted by Gasteiger charge is -2.31. The van der Waals surface area contributed by atoms with Crippen LogP contribution in [0.25, 0.3) is 10.8 Å². The average molecular weight is 420 g/mol. The zero-order valence-corrected chi connectivity index (χ0v) is 15.1. The fraction of sp³-hybridized carbons (Fsp3) is 0.450. The van der Waals surface area contributed by atoms with Gasteiger partial charge < -0.3 is 9.84 Å². The van der Waals surface area contributed by atoms with Gasteiger partial charge in [0, 0.05) is 0 Å². The van der Waals surface area contributed by atoms with Gasteiger partial charge in [-0.3, -0.25) is 4.79 Å². The third-order valence-corrected chi connectivity index (χ3v) is 5.12. The molecule has 0 aromatic heterocycles. The van der Waals surface area contributed by atoms with E-state index in [1.807, 2.05) is 0 Å². The zero-order valence-electron chi connectivity index (χ0n) is 15.1. The van der Waals surface area contributed by atoms with Crippen LogP contribution in [-0.4, -0.2) is 23.4 Å². The minimum atomic E-state index is -4.74. The summed E-state index contributed by atoms with van der Waals surface area (Å²) in [6.07, 6.45) is -10.4. The van der Waals surface area contributed by atoms with E-state index in [9.17, 15) is 31.1 Å². The van der Waals surface area contributed by atoms with E-state index >= 15 is 0 Å². The summed E-state index contributed by atoms with van der Waals surface area (Å²) in [6.45, 7) is 0. The number of carboxylic acid groups (broad SMARTS) is 1. The SMILES string of the molecule is O=C(O)Cc1ccc2c(C(F)(F)F)c(OC3CCC(C(F)(F)F)CC3)ccc2c1. The van der Waals surface area contributed by atoms with E-state index in [0.29, 0.717) is 5.56 Å². The smallest absolute Gasteiger partial charge is 0.420 e. The normalized spacial score (nSPS) is 20.6. The van der Waals surface area contributed by atoms with E-state index in [-0.39, 0.29) is 42.9 Å². The number of fused-ring (bicyclic) bond motifs is 1. The molecular formula is C20H18F6O3. The van der Waals surface area contributed by atoms with Crippen LogP contribution in [0, 0.1) is 5.92 Å². The average Bonchev–Trinajstić information content (AvgIpc) is 2.59. The summed E-state index contributed by atoms with van der Waals surface area (Å²) in [5.41, 5.74) is -0.646. The maximum absolute atomic E-state index is 13.7. The van der Waals surface area contributed by atoms with Crippen LogP contribution in [-0.2, 0) is 17.4 Å². The second-order valence-corrected chi connectivity index (χ2v) is 7.20. The molecule has 2 aromatic carbocycles. The predicted octanol–water partition coefficient (Wildman–Crippen LogP) is 5.99. The Morgan fingerprint density at radius 3 is 2.21 bits per heavy atom. The largest absolute Gasteiger partial charge is 0.490 e. The number of carbonyl (C=O) groups is 1. The van der Waals surface area contributed by atoms with Crippen molar-refractivity contribution in [3.05, 3.63) is 41.5 Å². The first kappa shape index (κ1) is 21.3. The van der Waals surface area contributed by atoms with Gasteiger partial charge in [0.15, 0.2) is 0 Å². The maximum Gasteiger partial charge on any atom is 0.420 e. The van der Waals surface area contributed by atoms with Crippen molar-refractivity contribution in [2.24, 2.45) is 5.92 Å². The Bertz CT molecular complexity index is 895. The summed E-state index contributed by atoms with van der Waals surface area (Å²) in [5.74, 6) is -2.98. The summed E-state index contributed by atoms with van der Waals surface area (Å²) in [7, 11) is 0. The van der Waals surface area contributed by atoms with Crippen molar-refractivity contribution < 1.29 is 41.0 Å². The highest BCUT2D eigenvalue weighted by Crippen LogP contribution is 2.44. The number of hydrogen-bond donors (Lipinski definition) is 1. The van der Waals surface area contributed by atoms with Crippen molar-refractivity contribution in [3.8, 4) is 5.75 Å². The van der Waals surface area contributed by atoms with Crippen LogP contribution in [0.4, 0.5) is 26.3 Å². The minimum absolute atomic E-state index is 0.0249. The Morgan fingerprint density at radius 1 is 1.00 bits per heavy atom. The van der Waals surface area contributed by atoms with Gasteiger partial charge >= 0.3 is 18.3 Å². The molecule has 1 fully saturated rings. The van der Waals surface area contributed by atoms with Gasteiger partial charge in [-0.25, -0.2) is 0 Å². The fourth-order valence-electron chi connectivity index (χ4n) is 3.72. The van der Waals surface area contributed by atoms with Gasteiger partial charge in [-0.15, -0.1) is 0 Å². The van der Waals surface area contributed by atoms with Gasteiger partial charge in [-0.2, -0.15) is 26.3 Å². The molecule has 3 rings (SSSR count). The molecule has 1 aliphatic carbocycles. The Hall–Kier alpha value is -2.45. The highest BCUT2D eigenvalue weighted by atomic mass is 19.4. The van der Waals surface area contributed by atoms with Crippen LogP contribution >= 0.6 is 0 Å². The van der Waals surface area contributed by atoms with Crippen LogP contribution in [0.2, 0.25) is 0 Å². The third-order valence-electron chi connectivity index (χ3n) is 5.12. The van der Waals surface area contributed by atoms with Crippen molar-refractivity contribution in [1.29, 1.82) is 0 Å². The van der Waals surface area contributed by atoms with Gasteiger partial charge in [0.25, 0.3) is 0 Å². The summed E-state index contributed by atoms with van der Waals surface area (Å²) in [6, 6.07) is 6.42. The number of rotatable bonds is 4. The van der Waals surface area contributed by atoms with Gasteiger partial charge in [0.05, 0.1) is 18.4 Å². The number of carboxylic acids is 1. The molecule has 1 aliphatic rings. The Kier molecular flexibility index (Phi) is 5.69. The van der Waals surface area contributed by atoms with E-state index in [2.05, 4.69) is 0 Å². The second-order valence-electron chi connectivity index (χ2n) is 7.20. The Labute approximate surface area is 162 Å². The van der Waals surface area contributed by atoms with E-state index in [4.69, 9.17) is 9.84 Å². The fourth-order valence-corrected chi connectivity index (χ4v) is 3.72. The first-order valence-corrected chi connectivity index (χ1v) is 9.03. The molecule has 1 N–H and O–H groups in total. The molecule has 0 heterocycles. The lowest BCUT2D eigenvalue weighted by Crippen LogP contribution is -2.32. The van der Waals surface area contributed by atoms with Gasteiger partial charge in [0.2, 0.25) is 0 Å². The molecule has 0 amide bonds. The van der Waals surface area contributed by atoms with E-state index < -0.39 is 41.7 Å². The van der Waals surface area contributed by atoms with Crippen molar-refractivity contribution in [1.82, 2.24) is 0 Å². The topological polar surface area (TPSA) is 46.5 Å². The number of halogens is 6. The third kappa shape index (κ3) is 4.94. The molecule has 0 atom stereocenters. The zero-order chi connectivity index (χ0) is 21.4. The first-order chi connectivity index (χ1) is 13.4. The number of ether oxygens (including phenoxy) is 1. The van der Waals surface area contributed by atoms with Crippen LogP contribution in [0.5, 0.6) is 5.75 Å². The number of hydrogen-bond acceptors (Lipinski definition) is 2. The lowest BCUT2D eigenvalue weighted by atomic mass is 9.87. The molecule has 0 radical (unpaired) electrons. The van der Waals surface area contributed by atoms with Crippen LogP contribution in [0.15, 0.2) is 30.3 Å². The van der Waals surface area contributed by atoms with Gasteiger partial charge in [-0.1, -0.05) is 24.3 Å². The molecule has 3 nitrogen and oxygen atoms in total. The Morgan fingerprint density at radius 2 is 1.66 bits per heavy atom. The summed E-state index contributed by atoms with van der Waals surface area (Å²) in [4.78, 5) is 10.8. The molecule has 29 heavy (non-hydrogen) atoms. The quantitative estimate of drug-likeness (QED) is 0.619. The van der Waals surface area contributed by atoms with Crippen LogP contribution in [0.1, 0.15) is 36.8 Å². The number of aliphatic carboxylic acids is 1. The molecule has 0 bridgehead atoms. The van der Waals surface area contributed by atoms with Crippen LogP contribution in [0.3, 0.4) is 0 Å². The molecule has 1 saturated carbocycles. The highest BCUT2D eigenvalue weighted by Gasteiger charge is 2.42. The summed E-state index contributed by atoms with van der Waals surface area (Å²) in [5, 5.41) is 8.91. The first-order valence-electron chi connectivity index (χ1n) is 9.03. The molecule has 0 saturated heterocycles. The molecule has 2 aromatic rings. The lowest BCUT2D eigenvalue weighted by molar-refractivity contribution is -0.185. The summed E-state index contributed by atoms with van der Waals surface area (Å²) >= 11 is 0. The second kappa shape index (κ2) is 7.76. The standard InChI is InChI=1S/C20H18F6O3/c21-19(22,23)13-3-5-14(6-4-13)29-16-8-2-12-9-11(10-17(27)28)1-7-15(12)18(16)20(24,25)26/h1-2,7-9,13-14H,3-6,10H2,(H,27,28). The van der Waals surface area contributed by atoms with E-state index in [1.165, 1.54) is 24.3 Å². The number of benzene rings is 2. The predicted molar refractivity (Wildman–Crippen MR) is 92.7 cm³/mol. The van der Waals surface area contributed by atoms with Crippen molar-refractivity contribution in [3.63, 3.8) is 0 Å². The summed E-state index contributed by atoms with van der Waals surface area (Å²) < 4.78 is 85.0. The maximum atomic E-state index is 13.7. The molecule has 0 spiro atoms. The molecular weight excluding hydrogens is 402 g/mol. The van der Waals surface area contributed by atoms with Crippen molar-refractivity contribution in [2.75, 3.05) is 0 Å². The van der Waals surface area contributed by atoms with E-state index in [1.54, 1.807) is 0 Å². The molecule has 0 aliphatic heterocycles. The molecule has 158 valence electrons. The monoisotopic (exact) mass is 420 g/mol. The van der Waals surface area contributed by atoms with Gasteiger partial charge in [-0.05, 0) is 48.1 Å². The Balaban J connectivity index is 1.89.